The molecule has 4 heterocycles. The summed E-state index contributed by atoms with van der Waals surface area (Å²) in [6.45, 7) is 2.71. The Morgan fingerprint density at radius 3 is 2.92 bits per heavy atom. The topological polar surface area (TPSA) is 52.2 Å². The summed E-state index contributed by atoms with van der Waals surface area (Å²) in [5, 5.41) is 13.5. The Hall–Kier alpha value is -1.64. The number of fused-ring (bicyclic) bond motifs is 3. The lowest BCUT2D eigenvalue weighted by atomic mass is 10.4. The summed E-state index contributed by atoms with van der Waals surface area (Å²) in [5.74, 6) is 1.63. The molecular weight excluding hydrogens is 360 g/mol. The van der Waals surface area contributed by atoms with Gasteiger partial charge in [0.05, 0.1) is 12.1 Å². The lowest BCUT2D eigenvalue weighted by Gasteiger charge is -2.08. The van der Waals surface area contributed by atoms with E-state index in [1.165, 1.54) is 11.3 Å². The molecular formula is C16H16N4OS3. The first-order valence-corrected chi connectivity index (χ1v) is 10.5. The summed E-state index contributed by atoms with van der Waals surface area (Å²) in [6, 6.07) is 6.03. The zero-order valence-corrected chi connectivity index (χ0v) is 15.6. The molecule has 0 aromatic carbocycles. The number of aromatic nitrogens is 4. The second kappa shape index (κ2) is 6.70. The highest BCUT2D eigenvalue weighted by molar-refractivity contribution is 7.99. The maximum absolute atomic E-state index is 12.9. The number of thiophene rings is 2. The smallest absolute Gasteiger partial charge is 0.270 e. The van der Waals surface area contributed by atoms with E-state index in [0.717, 1.165) is 38.8 Å². The molecule has 0 saturated carbocycles. The third kappa shape index (κ3) is 2.68. The standard InChI is InChI=1S/C16H16N4OS3/c1-2-3-7-24-16-18-17-15-19(10-11-5-4-8-22-11)14(21)13-12(20(15)16)6-9-23-13/h4-6,8-9H,2-3,7,10H2,1H3. The normalized spacial score (nSPS) is 11.7. The van der Waals surface area contributed by atoms with E-state index < -0.39 is 0 Å². The van der Waals surface area contributed by atoms with E-state index in [-0.39, 0.29) is 5.56 Å². The van der Waals surface area contributed by atoms with Crippen molar-refractivity contribution in [3.8, 4) is 0 Å². The SMILES string of the molecule is CCCCSc1nnc2n(Cc3cccs3)c(=O)c3sccc3n12. The van der Waals surface area contributed by atoms with Crippen molar-refractivity contribution in [2.24, 2.45) is 0 Å². The Bertz CT molecular complexity index is 1030. The average molecular weight is 377 g/mol. The minimum Gasteiger partial charge on any atom is -0.270 e. The zero-order chi connectivity index (χ0) is 16.5. The second-order valence-electron chi connectivity index (χ2n) is 5.43. The molecule has 0 aliphatic carbocycles. The van der Waals surface area contributed by atoms with Gasteiger partial charge >= 0.3 is 0 Å². The van der Waals surface area contributed by atoms with Crippen LogP contribution in [0.25, 0.3) is 16.0 Å². The zero-order valence-electron chi connectivity index (χ0n) is 13.1. The predicted molar refractivity (Wildman–Crippen MR) is 102 cm³/mol. The molecule has 8 heteroatoms. The molecule has 4 aromatic heterocycles. The summed E-state index contributed by atoms with van der Waals surface area (Å²) in [7, 11) is 0. The molecule has 0 spiro atoms. The monoisotopic (exact) mass is 376 g/mol. The lowest BCUT2D eigenvalue weighted by Crippen LogP contribution is -2.22. The van der Waals surface area contributed by atoms with Crippen LogP contribution in [0.5, 0.6) is 0 Å². The molecule has 0 bridgehead atoms. The molecule has 0 aliphatic heterocycles. The van der Waals surface area contributed by atoms with E-state index in [4.69, 9.17) is 0 Å². The van der Waals surface area contributed by atoms with Crippen LogP contribution in [-0.4, -0.2) is 24.9 Å². The quantitative estimate of drug-likeness (QED) is 0.375. The molecule has 0 aliphatic rings. The highest BCUT2D eigenvalue weighted by Crippen LogP contribution is 2.25. The summed E-state index contributed by atoms with van der Waals surface area (Å²) >= 11 is 4.83. The molecule has 24 heavy (non-hydrogen) atoms. The molecule has 0 unspecified atom stereocenters. The van der Waals surface area contributed by atoms with Crippen LogP contribution in [0.4, 0.5) is 0 Å². The van der Waals surface area contributed by atoms with Crippen molar-refractivity contribution < 1.29 is 0 Å². The van der Waals surface area contributed by atoms with Crippen molar-refractivity contribution in [2.45, 2.75) is 31.5 Å². The Labute approximate surface area is 151 Å². The number of thioether (sulfide) groups is 1. The van der Waals surface area contributed by atoms with Crippen LogP contribution < -0.4 is 5.56 Å². The maximum atomic E-state index is 12.9. The van der Waals surface area contributed by atoms with Gasteiger partial charge in [-0.3, -0.25) is 13.8 Å². The number of unbranched alkanes of at least 4 members (excludes halogenated alkanes) is 1. The van der Waals surface area contributed by atoms with Crippen molar-refractivity contribution >= 4 is 50.4 Å². The fourth-order valence-electron chi connectivity index (χ4n) is 2.60. The number of rotatable bonds is 6. The van der Waals surface area contributed by atoms with E-state index in [0.29, 0.717) is 12.3 Å². The first-order valence-electron chi connectivity index (χ1n) is 7.80. The molecule has 124 valence electrons. The van der Waals surface area contributed by atoms with Crippen molar-refractivity contribution in [1.82, 2.24) is 19.2 Å². The van der Waals surface area contributed by atoms with Crippen LogP contribution in [-0.2, 0) is 6.54 Å². The number of hydrogen-bond acceptors (Lipinski definition) is 6. The fraction of sp³-hybridized carbons (Fsp3) is 0.312. The van der Waals surface area contributed by atoms with Crippen molar-refractivity contribution in [3.05, 3.63) is 44.2 Å². The van der Waals surface area contributed by atoms with Crippen molar-refractivity contribution in [3.63, 3.8) is 0 Å². The Kier molecular flexibility index (Phi) is 4.43. The molecule has 0 radical (unpaired) electrons. The maximum Gasteiger partial charge on any atom is 0.273 e. The van der Waals surface area contributed by atoms with E-state index >= 15 is 0 Å². The molecule has 0 atom stereocenters. The minimum absolute atomic E-state index is 0.0124. The van der Waals surface area contributed by atoms with Crippen LogP contribution >= 0.6 is 34.4 Å². The number of nitrogens with zero attached hydrogens (tertiary/aromatic N) is 4. The summed E-state index contributed by atoms with van der Waals surface area (Å²) in [6.07, 6.45) is 2.29. The lowest BCUT2D eigenvalue weighted by molar-refractivity contribution is 0.775. The third-order valence-electron chi connectivity index (χ3n) is 3.81. The van der Waals surface area contributed by atoms with Gasteiger partial charge in [0.2, 0.25) is 5.78 Å². The van der Waals surface area contributed by atoms with Crippen molar-refractivity contribution in [1.29, 1.82) is 0 Å². The third-order valence-corrected chi connectivity index (χ3v) is 6.57. The molecule has 0 fully saturated rings. The molecule has 0 saturated heterocycles. The van der Waals surface area contributed by atoms with Gasteiger partial charge in [0.1, 0.15) is 4.70 Å². The highest BCUT2D eigenvalue weighted by atomic mass is 32.2. The Morgan fingerprint density at radius 2 is 2.12 bits per heavy atom. The Balaban J connectivity index is 1.90. The van der Waals surface area contributed by atoms with Gasteiger partial charge < -0.3 is 0 Å². The van der Waals surface area contributed by atoms with Crippen LogP contribution in [0.15, 0.2) is 38.9 Å². The molecule has 0 N–H and O–H groups in total. The van der Waals surface area contributed by atoms with Gasteiger partial charge in [0, 0.05) is 10.6 Å². The van der Waals surface area contributed by atoms with Gasteiger partial charge in [-0.15, -0.1) is 32.9 Å². The van der Waals surface area contributed by atoms with Crippen LogP contribution in [0.3, 0.4) is 0 Å². The van der Waals surface area contributed by atoms with Crippen LogP contribution in [0, 0.1) is 0 Å². The number of hydrogen-bond donors (Lipinski definition) is 0. The van der Waals surface area contributed by atoms with Crippen LogP contribution in [0.1, 0.15) is 24.6 Å². The highest BCUT2D eigenvalue weighted by Gasteiger charge is 2.18. The molecule has 4 aromatic rings. The van der Waals surface area contributed by atoms with Gasteiger partial charge in [0.15, 0.2) is 5.16 Å². The summed E-state index contributed by atoms with van der Waals surface area (Å²) in [5.41, 5.74) is 0.921. The summed E-state index contributed by atoms with van der Waals surface area (Å²) in [4.78, 5) is 14.0. The van der Waals surface area contributed by atoms with Gasteiger partial charge in [-0.25, -0.2) is 0 Å². The summed E-state index contributed by atoms with van der Waals surface area (Å²) < 4.78 is 4.53. The van der Waals surface area contributed by atoms with E-state index in [2.05, 4.69) is 17.1 Å². The van der Waals surface area contributed by atoms with Crippen LogP contribution in [0.2, 0.25) is 0 Å². The first-order chi connectivity index (χ1) is 11.8. The van der Waals surface area contributed by atoms with Gasteiger partial charge in [-0.2, -0.15) is 0 Å². The van der Waals surface area contributed by atoms with E-state index in [1.807, 2.05) is 33.4 Å². The Morgan fingerprint density at radius 1 is 1.21 bits per heavy atom. The predicted octanol–water partition coefficient (Wildman–Crippen LogP) is 4.11. The largest absolute Gasteiger partial charge is 0.273 e. The van der Waals surface area contributed by atoms with Gasteiger partial charge in [-0.05, 0) is 29.3 Å². The van der Waals surface area contributed by atoms with E-state index in [1.54, 1.807) is 27.7 Å². The average Bonchev–Trinajstić information content (AvgIpc) is 3.31. The molecule has 5 nitrogen and oxygen atoms in total. The van der Waals surface area contributed by atoms with E-state index in [9.17, 15) is 4.79 Å². The minimum atomic E-state index is 0.0124. The van der Waals surface area contributed by atoms with Crippen molar-refractivity contribution in [2.75, 3.05) is 5.75 Å². The first kappa shape index (κ1) is 15.9. The fourth-order valence-corrected chi connectivity index (χ4v) is 5.14. The molecule has 4 rings (SSSR count). The van der Waals surface area contributed by atoms with Gasteiger partial charge in [0.25, 0.3) is 5.56 Å². The molecule has 0 amide bonds. The second-order valence-corrected chi connectivity index (χ2v) is 8.44. The van der Waals surface area contributed by atoms with Gasteiger partial charge in [-0.1, -0.05) is 31.2 Å².